The van der Waals surface area contributed by atoms with Crippen molar-refractivity contribution in [3.63, 3.8) is 0 Å². The zero-order valence-electron chi connectivity index (χ0n) is 9.19. The Morgan fingerprint density at radius 1 is 1.12 bits per heavy atom. The van der Waals surface area contributed by atoms with Crippen molar-refractivity contribution >= 4 is 10.9 Å². The summed E-state index contributed by atoms with van der Waals surface area (Å²) in [6, 6.07) is 12.2. The Labute approximate surface area is 94.9 Å². The van der Waals surface area contributed by atoms with Crippen molar-refractivity contribution < 1.29 is 5.11 Å². The average molecular weight is 213 g/mol. The Morgan fingerprint density at radius 2 is 1.94 bits per heavy atom. The zero-order valence-corrected chi connectivity index (χ0v) is 9.19. The molecule has 0 unspecified atom stereocenters. The van der Waals surface area contributed by atoms with Crippen molar-refractivity contribution in [2.75, 3.05) is 0 Å². The summed E-state index contributed by atoms with van der Waals surface area (Å²) in [6.07, 6.45) is 3.67. The number of pyridine rings is 1. The fraction of sp³-hybridized carbons (Fsp3) is 0.357. The van der Waals surface area contributed by atoms with Gasteiger partial charge in [0.1, 0.15) is 0 Å². The van der Waals surface area contributed by atoms with Crippen LogP contribution in [0, 0.1) is 0 Å². The molecule has 0 amide bonds. The minimum Gasteiger partial charge on any atom is -0.389 e. The number of aliphatic hydroxyl groups is 1. The molecule has 0 bridgehead atoms. The molecule has 1 fully saturated rings. The van der Waals surface area contributed by atoms with Gasteiger partial charge in [0.25, 0.3) is 0 Å². The van der Waals surface area contributed by atoms with Crippen LogP contribution in [-0.4, -0.2) is 15.7 Å². The van der Waals surface area contributed by atoms with Crippen LogP contribution in [0.15, 0.2) is 36.4 Å². The number of hydrogen-bond donors (Lipinski definition) is 1. The van der Waals surface area contributed by atoms with E-state index in [4.69, 9.17) is 0 Å². The van der Waals surface area contributed by atoms with Crippen molar-refractivity contribution in [3.05, 3.63) is 42.1 Å². The van der Waals surface area contributed by atoms with E-state index >= 15 is 0 Å². The molecule has 1 aromatic heterocycles. The predicted molar refractivity (Wildman–Crippen MR) is 64.2 cm³/mol. The van der Waals surface area contributed by atoms with Gasteiger partial charge in [-0.25, -0.2) is 0 Å². The minimum absolute atomic E-state index is 0.477. The van der Waals surface area contributed by atoms with E-state index in [-0.39, 0.29) is 0 Å². The quantitative estimate of drug-likeness (QED) is 0.832. The van der Waals surface area contributed by atoms with Crippen LogP contribution in [0.4, 0.5) is 0 Å². The van der Waals surface area contributed by atoms with Crippen molar-refractivity contribution in [1.29, 1.82) is 0 Å². The van der Waals surface area contributed by atoms with Crippen molar-refractivity contribution in [3.8, 4) is 0 Å². The normalized spacial score (nSPS) is 18.3. The van der Waals surface area contributed by atoms with E-state index in [2.05, 4.69) is 17.1 Å². The highest BCUT2D eigenvalue weighted by Gasteiger charge is 2.34. The highest BCUT2D eigenvalue weighted by atomic mass is 16.3. The summed E-state index contributed by atoms with van der Waals surface area (Å²) in [5, 5.41) is 11.3. The van der Waals surface area contributed by atoms with Crippen LogP contribution in [0.25, 0.3) is 10.9 Å². The first-order valence-corrected chi connectivity index (χ1v) is 5.82. The van der Waals surface area contributed by atoms with Gasteiger partial charge in [0.15, 0.2) is 0 Å². The molecule has 0 aliphatic heterocycles. The maximum absolute atomic E-state index is 10.1. The second kappa shape index (κ2) is 3.56. The van der Waals surface area contributed by atoms with Crippen LogP contribution in [0.5, 0.6) is 0 Å². The molecule has 0 atom stereocenters. The molecule has 2 aromatic rings. The first-order chi connectivity index (χ1) is 7.75. The van der Waals surface area contributed by atoms with Crippen LogP contribution in [-0.2, 0) is 6.42 Å². The number of benzene rings is 1. The monoisotopic (exact) mass is 213 g/mol. The van der Waals surface area contributed by atoms with E-state index in [0.717, 1.165) is 35.9 Å². The largest absolute Gasteiger partial charge is 0.389 e. The van der Waals surface area contributed by atoms with Crippen LogP contribution >= 0.6 is 0 Å². The summed E-state index contributed by atoms with van der Waals surface area (Å²) in [5.41, 5.74) is 1.54. The molecular formula is C14H15NO. The fourth-order valence-electron chi connectivity index (χ4n) is 2.31. The Morgan fingerprint density at radius 3 is 2.69 bits per heavy atom. The summed E-state index contributed by atoms with van der Waals surface area (Å²) < 4.78 is 0. The molecule has 16 heavy (non-hydrogen) atoms. The van der Waals surface area contributed by atoms with E-state index in [0.29, 0.717) is 6.42 Å². The number of aromatic nitrogens is 1. The molecule has 3 rings (SSSR count). The Balaban J connectivity index is 1.93. The third-order valence-electron chi connectivity index (χ3n) is 3.45. The SMILES string of the molecule is OC1(Cc2ccc3ccccc3n2)CCC1. The molecule has 1 aliphatic carbocycles. The van der Waals surface area contributed by atoms with Gasteiger partial charge in [0.2, 0.25) is 0 Å². The zero-order chi connectivity index (χ0) is 11.0. The lowest BCUT2D eigenvalue weighted by Crippen LogP contribution is -2.39. The lowest BCUT2D eigenvalue weighted by molar-refractivity contribution is -0.0329. The van der Waals surface area contributed by atoms with Crippen LogP contribution in [0.2, 0.25) is 0 Å². The Kier molecular flexibility index (Phi) is 2.18. The molecule has 0 saturated heterocycles. The summed E-state index contributed by atoms with van der Waals surface area (Å²) in [7, 11) is 0. The van der Waals surface area contributed by atoms with E-state index in [9.17, 15) is 5.11 Å². The molecule has 1 aliphatic rings. The Hall–Kier alpha value is -1.41. The molecule has 1 aromatic carbocycles. The third kappa shape index (κ3) is 1.69. The second-order valence-electron chi connectivity index (χ2n) is 4.75. The molecule has 0 spiro atoms. The van der Waals surface area contributed by atoms with Crippen LogP contribution in [0.3, 0.4) is 0 Å². The van der Waals surface area contributed by atoms with E-state index in [1.807, 2.05) is 24.3 Å². The number of para-hydroxylation sites is 1. The summed E-state index contributed by atoms with van der Waals surface area (Å²) in [6.45, 7) is 0. The molecule has 1 saturated carbocycles. The van der Waals surface area contributed by atoms with Gasteiger partial charge in [-0.3, -0.25) is 4.98 Å². The third-order valence-corrected chi connectivity index (χ3v) is 3.45. The van der Waals surface area contributed by atoms with Gasteiger partial charge in [0, 0.05) is 17.5 Å². The molecule has 1 N–H and O–H groups in total. The average Bonchev–Trinajstić information content (AvgIpc) is 2.27. The second-order valence-corrected chi connectivity index (χ2v) is 4.75. The lowest BCUT2D eigenvalue weighted by atomic mass is 9.77. The van der Waals surface area contributed by atoms with Gasteiger partial charge in [-0.15, -0.1) is 0 Å². The summed E-state index contributed by atoms with van der Waals surface area (Å²) in [4.78, 5) is 4.58. The smallest absolute Gasteiger partial charge is 0.0705 e. The van der Waals surface area contributed by atoms with Crippen molar-refractivity contribution in [1.82, 2.24) is 4.98 Å². The topological polar surface area (TPSA) is 33.1 Å². The Bertz CT molecular complexity index is 517. The molecule has 0 radical (unpaired) electrons. The molecule has 82 valence electrons. The standard InChI is InChI=1S/C14H15NO/c16-14(8-3-9-14)10-12-7-6-11-4-1-2-5-13(11)15-12/h1-2,4-7,16H,3,8-10H2. The number of nitrogens with zero attached hydrogens (tertiary/aromatic N) is 1. The fourth-order valence-corrected chi connectivity index (χ4v) is 2.31. The van der Waals surface area contributed by atoms with Gasteiger partial charge in [-0.1, -0.05) is 24.3 Å². The maximum Gasteiger partial charge on any atom is 0.0705 e. The lowest BCUT2D eigenvalue weighted by Gasteiger charge is -2.36. The number of rotatable bonds is 2. The molecular weight excluding hydrogens is 198 g/mol. The number of hydrogen-bond acceptors (Lipinski definition) is 2. The highest BCUT2D eigenvalue weighted by molar-refractivity contribution is 5.78. The number of fused-ring (bicyclic) bond motifs is 1. The highest BCUT2D eigenvalue weighted by Crippen LogP contribution is 2.34. The van der Waals surface area contributed by atoms with Gasteiger partial charge in [0.05, 0.1) is 11.1 Å². The van der Waals surface area contributed by atoms with Gasteiger partial charge >= 0.3 is 0 Å². The van der Waals surface area contributed by atoms with Crippen LogP contribution < -0.4 is 0 Å². The van der Waals surface area contributed by atoms with Gasteiger partial charge in [-0.2, -0.15) is 0 Å². The summed E-state index contributed by atoms with van der Waals surface area (Å²) in [5.74, 6) is 0. The van der Waals surface area contributed by atoms with E-state index in [1.54, 1.807) is 0 Å². The maximum atomic E-state index is 10.1. The molecule has 1 heterocycles. The van der Waals surface area contributed by atoms with Gasteiger partial charge in [-0.05, 0) is 31.4 Å². The first-order valence-electron chi connectivity index (χ1n) is 5.82. The van der Waals surface area contributed by atoms with E-state index in [1.165, 1.54) is 0 Å². The van der Waals surface area contributed by atoms with Crippen molar-refractivity contribution in [2.45, 2.75) is 31.3 Å². The molecule has 2 heteroatoms. The molecule has 2 nitrogen and oxygen atoms in total. The van der Waals surface area contributed by atoms with Gasteiger partial charge < -0.3 is 5.11 Å². The summed E-state index contributed by atoms with van der Waals surface area (Å²) >= 11 is 0. The predicted octanol–water partition coefficient (Wildman–Crippen LogP) is 2.69. The first kappa shape index (κ1) is 9.79. The van der Waals surface area contributed by atoms with Crippen LogP contribution in [0.1, 0.15) is 25.0 Å². The minimum atomic E-state index is -0.477. The van der Waals surface area contributed by atoms with Crippen molar-refractivity contribution in [2.24, 2.45) is 0 Å². The van der Waals surface area contributed by atoms with E-state index < -0.39 is 5.60 Å².